The Morgan fingerprint density at radius 2 is 2.33 bits per heavy atom. The Hall–Kier alpha value is -0.940. The van der Waals surface area contributed by atoms with E-state index in [1.165, 1.54) is 11.3 Å². The molecule has 1 aliphatic carbocycles. The van der Waals surface area contributed by atoms with Gasteiger partial charge in [-0.05, 0) is 25.7 Å². The third-order valence-electron chi connectivity index (χ3n) is 3.29. The van der Waals surface area contributed by atoms with Crippen molar-refractivity contribution in [1.82, 2.24) is 10.3 Å². The van der Waals surface area contributed by atoms with E-state index in [1.54, 1.807) is 6.20 Å². The van der Waals surface area contributed by atoms with E-state index in [0.717, 1.165) is 43.5 Å². The summed E-state index contributed by atoms with van der Waals surface area (Å²) in [5, 5.41) is 13.8. The molecule has 2 rings (SSSR count). The summed E-state index contributed by atoms with van der Waals surface area (Å²) in [6.07, 6.45) is 6.98. The number of carbonyl (C=O) groups excluding carboxylic acids is 1. The van der Waals surface area contributed by atoms with E-state index in [9.17, 15) is 9.90 Å². The van der Waals surface area contributed by atoms with Gasteiger partial charge in [0.15, 0.2) is 0 Å². The van der Waals surface area contributed by atoms with E-state index in [2.05, 4.69) is 17.2 Å². The standard InChI is InChI=1S/C13H20N2O2S/c1-2-5-12-14-8-11(18-12)13(17)15-9-6-3-4-7-10(9)16/h8-10,16H,2-7H2,1H3,(H,15,17)/t9-,10-/m0/s1. The molecule has 0 radical (unpaired) electrons. The third kappa shape index (κ3) is 3.29. The Bertz CT molecular complexity index is 405. The predicted molar refractivity (Wildman–Crippen MR) is 71.8 cm³/mol. The molecule has 0 aliphatic heterocycles. The van der Waals surface area contributed by atoms with Gasteiger partial charge in [0.25, 0.3) is 5.91 Å². The maximum atomic E-state index is 12.0. The average Bonchev–Trinajstić information content (AvgIpc) is 2.81. The number of nitrogens with zero attached hydrogens (tertiary/aromatic N) is 1. The van der Waals surface area contributed by atoms with Crippen molar-refractivity contribution in [3.8, 4) is 0 Å². The van der Waals surface area contributed by atoms with Gasteiger partial charge in [-0.2, -0.15) is 0 Å². The van der Waals surface area contributed by atoms with Crippen LogP contribution in [-0.4, -0.2) is 28.1 Å². The lowest BCUT2D eigenvalue weighted by molar-refractivity contribution is 0.0720. The van der Waals surface area contributed by atoms with Gasteiger partial charge < -0.3 is 10.4 Å². The molecule has 1 aromatic rings. The number of aromatic nitrogens is 1. The van der Waals surface area contributed by atoms with Crippen LogP contribution in [-0.2, 0) is 6.42 Å². The molecule has 1 aromatic heterocycles. The molecule has 0 aromatic carbocycles. The van der Waals surface area contributed by atoms with Crippen molar-refractivity contribution in [3.05, 3.63) is 16.1 Å². The number of hydrogen-bond donors (Lipinski definition) is 2. The number of nitrogens with one attached hydrogen (secondary N) is 1. The first-order valence-electron chi connectivity index (χ1n) is 6.64. The summed E-state index contributed by atoms with van der Waals surface area (Å²) in [5.74, 6) is -0.0965. The smallest absolute Gasteiger partial charge is 0.263 e. The van der Waals surface area contributed by atoms with Crippen molar-refractivity contribution in [1.29, 1.82) is 0 Å². The number of hydrogen-bond acceptors (Lipinski definition) is 4. The highest BCUT2D eigenvalue weighted by Crippen LogP contribution is 2.20. The fourth-order valence-corrected chi connectivity index (χ4v) is 3.19. The summed E-state index contributed by atoms with van der Waals surface area (Å²) in [4.78, 5) is 16.9. The third-order valence-corrected chi connectivity index (χ3v) is 4.34. The number of thiazole rings is 1. The van der Waals surface area contributed by atoms with Crippen molar-refractivity contribution >= 4 is 17.2 Å². The lowest BCUT2D eigenvalue weighted by atomic mass is 9.92. The highest BCUT2D eigenvalue weighted by atomic mass is 32.1. The summed E-state index contributed by atoms with van der Waals surface area (Å²) in [5.41, 5.74) is 0. The highest BCUT2D eigenvalue weighted by Gasteiger charge is 2.25. The summed E-state index contributed by atoms with van der Waals surface area (Å²) in [7, 11) is 0. The molecule has 5 heteroatoms. The summed E-state index contributed by atoms with van der Waals surface area (Å²) in [6, 6.07) is -0.0945. The minimum absolute atomic E-state index is 0.0945. The Balaban J connectivity index is 1.93. The van der Waals surface area contributed by atoms with E-state index >= 15 is 0 Å². The van der Waals surface area contributed by atoms with Crippen LogP contribution in [0.4, 0.5) is 0 Å². The van der Waals surface area contributed by atoms with Crippen molar-refractivity contribution in [2.24, 2.45) is 0 Å². The van der Waals surface area contributed by atoms with Crippen molar-refractivity contribution in [2.45, 2.75) is 57.6 Å². The van der Waals surface area contributed by atoms with Crippen molar-refractivity contribution in [2.75, 3.05) is 0 Å². The molecule has 18 heavy (non-hydrogen) atoms. The molecule has 1 heterocycles. The molecule has 1 amide bonds. The van der Waals surface area contributed by atoms with E-state index in [0.29, 0.717) is 4.88 Å². The van der Waals surface area contributed by atoms with Crippen molar-refractivity contribution in [3.63, 3.8) is 0 Å². The molecule has 0 saturated heterocycles. The van der Waals surface area contributed by atoms with E-state index in [1.807, 2.05) is 0 Å². The van der Waals surface area contributed by atoms with Gasteiger partial charge in [-0.3, -0.25) is 4.79 Å². The van der Waals surface area contributed by atoms with Gasteiger partial charge in [0, 0.05) is 0 Å². The zero-order valence-electron chi connectivity index (χ0n) is 10.7. The zero-order valence-corrected chi connectivity index (χ0v) is 11.5. The van der Waals surface area contributed by atoms with Crippen LogP contribution in [0.15, 0.2) is 6.20 Å². The Morgan fingerprint density at radius 3 is 3.06 bits per heavy atom. The highest BCUT2D eigenvalue weighted by molar-refractivity contribution is 7.13. The number of aryl methyl sites for hydroxylation is 1. The predicted octanol–water partition coefficient (Wildman–Crippen LogP) is 2.13. The number of aliphatic hydroxyl groups excluding tert-OH is 1. The normalized spacial score (nSPS) is 23.9. The topological polar surface area (TPSA) is 62.2 Å². The van der Waals surface area contributed by atoms with Gasteiger partial charge in [0.05, 0.1) is 23.4 Å². The largest absolute Gasteiger partial charge is 0.391 e. The number of amides is 1. The first-order valence-corrected chi connectivity index (χ1v) is 7.46. The van der Waals surface area contributed by atoms with E-state index in [-0.39, 0.29) is 11.9 Å². The molecule has 4 nitrogen and oxygen atoms in total. The first kappa shape index (κ1) is 13.5. The van der Waals surface area contributed by atoms with Crippen LogP contribution in [0, 0.1) is 0 Å². The van der Waals surface area contributed by atoms with Crippen LogP contribution in [0.5, 0.6) is 0 Å². The lowest BCUT2D eigenvalue weighted by Crippen LogP contribution is -2.44. The van der Waals surface area contributed by atoms with Crippen LogP contribution in [0.25, 0.3) is 0 Å². The van der Waals surface area contributed by atoms with Gasteiger partial charge in [-0.15, -0.1) is 11.3 Å². The average molecular weight is 268 g/mol. The summed E-state index contributed by atoms with van der Waals surface area (Å²) >= 11 is 1.45. The molecule has 100 valence electrons. The van der Waals surface area contributed by atoms with Gasteiger partial charge in [0.1, 0.15) is 4.88 Å². The van der Waals surface area contributed by atoms with Crippen LogP contribution >= 0.6 is 11.3 Å². The monoisotopic (exact) mass is 268 g/mol. The van der Waals surface area contributed by atoms with Crippen LogP contribution in [0.2, 0.25) is 0 Å². The molecule has 0 bridgehead atoms. The maximum Gasteiger partial charge on any atom is 0.263 e. The molecule has 1 aliphatic rings. The van der Waals surface area contributed by atoms with E-state index < -0.39 is 6.10 Å². The van der Waals surface area contributed by atoms with E-state index in [4.69, 9.17) is 0 Å². The SMILES string of the molecule is CCCc1ncc(C(=O)N[C@H]2CCCC[C@@H]2O)s1. The van der Waals surface area contributed by atoms with Crippen molar-refractivity contribution < 1.29 is 9.90 Å². The summed E-state index contributed by atoms with van der Waals surface area (Å²) in [6.45, 7) is 2.10. The van der Waals surface area contributed by atoms with Crippen LogP contribution in [0.3, 0.4) is 0 Å². The first-order chi connectivity index (χ1) is 8.70. The molecule has 0 spiro atoms. The maximum absolute atomic E-state index is 12.0. The Kier molecular flexibility index (Phi) is 4.72. The quantitative estimate of drug-likeness (QED) is 0.879. The second-order valence-electron chi connectivity index (χ2n) is 4.80. The molecule has 2 atom stereocenters. The summed E-state index contributed by atoms with van der Waals surface area (Å²) < 4.78 is 0. The number of carbonyl (C=O) groups is 1. The number of rotatable bonds is 4. The molecular formula is C13H20N2O2S. The van der Waals surface area contributed by atoms with Gasteiger partial charge in [-0.25, -0.2) is 4.98 Å². The van der Waals surface area contributed by atoms with Gasteiger partial charge in [-0.1, -0.05) is 19.8 Å². The molecule has 0 unspecified atom stereocenters. The minimum Gasteiger partial charge on any atom is -0.391 e. The lowest BCUT2D eigenvalue weighted by Gasteiger charge is -2.28. The van der Waals surface area contributed by atoms with Crippen LogP contribution in [0.1, 0.15) is 53.7 Å². The van der Waals surface area contributed by atoms with Gasteiger partial charge >= 0.3 is 0 Å². The molecule has 2 N–H and O–H groups in total. The fraction of sp³-hybridized carbons (Fsp3) is 0.692. The molecule has 1 saturated carbocycles. The fourth-order valence-electron chi connectivity index (χ4n) is 2.26. The molecular weight excluding hydrogens is 248 g/mol. The zero-order chi connectivity index (χ0) is 13.0. The molecule has 1 fully saturated rings. The second kappa shape index (κ2) is 6.29. The Labute approximate surface area is 111 Å². The minimum atomic E-state index is -0.397. The number of aliphatic hydroxyl groups is 1. The Morgan fingerprint density at radius 1 is 1.56 bits per heavy atom. The second-order valence-corrected chi connectivity index (χ2v) is 5.92. The van der Waals surface area contributed by atoms with Crippen LogP contribution < -0.4 is 5.32 Å². The van der Waals surface area contributed by atoms with Gasteiger partial charge in [0.2, 0.25) is 0 Å².